The van der Waals surface area contributed by atoms with E-state index >= 15 is 0 Å². The van der Waals surface area contributed by atoms with Crippen LogP contribution < -0.4 is 5.73 Å². The molecule has 1 aliphatic rings. The molecule has 1 atom stereocenters. The molecule has 21 heavy (non-hydrogen) atoms. The molecule has 0 fully saturated rings. The maximum atomic E-state index is 13.8. The van der Waals surface area contributed by atoms with Crippen molar-refractivity contribution in [1.29, 1.82) is 0 Å². The van der Waals surface area contributed by atoms with Gasteiger partial charge in [-0.2, -0.15) is 0 Å². The molecule has 0 aliphatic heterocycles. The Labute approximate surface area is 122 Å². The van der Waals surface area contributed by atoms with E-state index in [1.807, 2.05) is 6.92 Å². The SMILES string of the molecule is Cc1nc2c(n1CC(N)c1cc(F)ccc1F)CCCC2. The van der Waals surface area contributed by atoms with Crippen molar-refractivity contribution in [2.75, 3.05) is 0 Å². The first-order valence-corrected chi connectivity index (χ1v) is 7.31. The molecule has 0 amide bonds. The Morgan fingerprint density at radius 2 is 2.05 bits per heavy atom. The predicted octanol–water partition coefficient (Wildman–Crippen LogP) is 3.05. The zero-order chi connectivity index (χ0) is 15.0. The van der Waals surface area contributed by atoms with Gasteiger partial charge in [0, 0.05) is 17.8 Å². The van der Waals surface area contributed by atoms with Crippen molar-refractivity contribution in [3.8, 4) is 0 Å². The van der Waals surface area contributed by atoms with E-state index in [1.54, 1.807) is 0 Å². The van der Waals surface area contributed by atoms with Crippen molar-refractivity contribution in [3.63, 3.8) is 0 Å². The summed E-state index contributed by atoms with van der Waals surface area (Å²) in [4.78, 5) is 4.58. The van der Waals surface area contributed by atoms with Gasteiger partial charge in [-0.25, -0.2) is 13.8 Å². The van der Waals surface area contributed by atoms with Gasteiger partial charge in [-0.05, 0) is 50.8 Å². The molecule has 3 nitrogen and oxygen atoms in total. The minimum Gasteiger partial charge on any atom is -0.330 e. The van der Waals surface area contributed by atoms with Gasteiger partial charge in [-0.15, -0.1) is 0 Å². The van der Waals surface area contributed by atoms with Crippen LogP contribution in [0, 0.1) is 18.6 Å². The molecule has 5 heteroatoms. The summed E-state index contributed by atoms with van der Waals surface area (Å²) in [5.41, 5.74) is 8.65. The zero-order valence-electron chi connectivity index (χ0n) is 12.1. The van der Waals surface area contributed by atoms with E-state index in [9.17, 15) is 8.78 Å². The molecule has 1 aliphatic carbocycles. The van der Waals surface area contributed by atoms with Gasteiger partial charge in [0.15, 0.2) is 0 Å². The third-order valence-corrected chi connectivity index (χ3v) is 4.16. The van der Waals surface area contributed by atoms with Crippen LogP contribution >= 0.6 is 0 Å². The number of hydrogen-bond acceptors (Lipinski definition) is 2. The molecular formula is C16H19F2N3. The monoisotopic (exact) mass is 291 g/mol. The topological polar surface area (TPSA) is 43.8 Å². The van der Waals surface area contributed by atoms with Crippen LogP contribution in [-0.4, -0.2) is 9.55 Å². The van der Waals surface area contributed by atoms with E-state index < -0.39 is 17.7 Å². The highest BCUT2D eigenvalue weighted by Gasteiger charge is 2.21. The molecule has 2 aromatic rings. The van der Waals surface area contributed by atoms with Crippen molar-refractivity contribution in [1.82, 2.24) is 9.55 Å². The first-order valence-electron chi connectivity index (χ1n) is 7.31. The smallest absolute Gasteiger partial charge is 0.128 e. The molecule has 1 unspecified atom stereocenters. The molecule has 0 bridgehead atoms. The van der Waals surface area contributed by atoms with Crippen LogP contribution in [0.2, 0.25) is 0 Å². The van der Waals surface area contributed by atoms with Crippen LogP contribution in [0.25, 0.3) is 0 Å². The highest BCUT2D eigenvalue weighted by molar-refractivity contribution is 5.24. The van der Waals surface area contributed by atoms with Crippen molar-refractivity contribution in [3.05, 3.63) is 52.6 Å². The van der Waals surface area contributed by atoms with E-state index in [0.717, 1.165) is 49.3 Å². The maximum Gasteiger partial charge on any atom is 0.128 e. The van der Waals surface area contributed by atoms with Gasteiger partial charge in [-0.1, -0.05) is 0 Å². The summed E-state index contributed by atoms with van der Waals surface area (Å²) in [6.07, 6.45) is 4.27. The van der Waals surface area contributed by atoms with Crippen molar-refractivity contribution in [2.45, 2.75) is 45.2 Å². The lowest BCUT2D eigenvalue weighted by atomic mass is 10.0. The molecule has 0 spiro atoms. The Bertz CT molecular complexity index is 664. The number of fused-ring (bicyclic) bond motifs is 1. The molecule has 3 rings (SSSR count). The molecule has 2 N–H and O–H groups in total. The first kappa shape index (κ1) is 14.2. The fraction of sp³-hybridized carbons (Fsp3) is 0.438. The number of aromatic nitrogens is 2. The number of aryl methyl sites for hydroxylation is 2. The van der Waals surface area contributed by atoms with E-state index in [4.69, 9.17) is 5.73 Å². The number of rotatable bonds is 3. The fourth-order valence-electron chi connectivity index (χ4n) is 3.07. The summed E-state index contributed by atoms with van der Waals surface area (Å²) in [6, 6.07) is 2.83. The van der Waals surface area contributed by atoms with Gasteiger partial charge in [0.25, 0.3) is 0 Å². The number of benzene rings is 1. The summed E-state index contributed by atoms with van der Waals surface area (Å²) in [6.45, 7) is 2.36. The zero-order valence-corrected chi connectivity index (χ0v) is 12.1. The lowest BCUT2D eigenvalue weighted by molar-refractivity contribution is 0.501. The molecule has 1 aromatic heterocycles. The second-order valence-corrected chi connectivity index (χ2v) is 5.64. The second-order valence-electron chi connectivity index (χ2n) is 5.64. The summed E-state index contributed by atoms with van der Waals surface area (Å²) in [5.74, 6) is -0.0315. The third-order valence-electron chi connectivity index (χ3n) is 4.16. The van der Waals surface area contributed by atoms with Gasteiger partial charge in [-0.3, -0.25) is 0 Å². The summed E-state index contributed by atoms with van der Waals surface area (Å²) in [5, 5.41) is 0. The predicted molar refractivity (Wildman–Crippen MR) is 76.9 cm³/mol. The van der Waals surface area contributed by atoms with Crippen molar-refractivity contribution in [2.24, 2.45) is 5.73 Å². The normalized spacial score (nSPS) is 15.8. The van der Waals surface area contributed by atoms with Gasteiger partial charge in [0.1, 0.15) is 17.5 Å². The standard InChI is InChI=1S/C16H19F2N3/c1-10-20-15-4-2-3-5-16(15)21(10)9-14(19)12-8-11(17)6-7-13(12)18/h6-8,14H,2-5,9,19H2,1H3. The van der Waals surface area contributed by atoms with E-state index in [1.165, 1.54) is 11.8 Å². The molecule has 1 heterocycles. The molecule has 1 aromatic carbocycles. The van der Waals surface area contributed by atoms with Crippen molar-refractivity contribution >= 4 is 0 Å². The Kier molecular flexibility index (Phi) is 3.76. The minimum absolute atomic E-state index is 0.215. The van der Waals surface area contributed by atoms with Gasteiger partial charge >= 0.3 is 0 Å². The van der Waals surface area contributed by atoms with Gasteiger partial charge < -0.3 is 10.3 Å². The highest BCUT2D eigenvalue weighted by atomic mass is 19.1. The Morgan fingerprint density at radius 3 is 2.86 bits per heavy atom. The van der Waals surface area contributed by atoms with Crippen LogP contribution in [0.5, 0.6) is 0 Å². The number of hydrogen-bond donors (Lipinski definition) is 1. The fourth-order valence-corrected chi connectivity index (χ4v) is 3.07. The maximum absolute atomic E-state index is 13.8. The number of halogens is 2. The summed E-state index contributed by atoms with van der Waals surface area (Å²) < 4.78 is 29.2. The van der Waals surface area contributed by atoms with Crippen LogP contribution in [0.15, 0.2) is 18.2 Å². The molecule has 0 saturated heterocycles. The largest absolute Gasteiger partial charge is 0.330 e. The molecule has 112 valence electrons. The van der Waals surface area contributed by atoms with Crippen molar-refractivity contribution < 1.29 is 8.78 Å². The lowest BCUT2D eigenvalue weighted by Crippen LogP contribution is -2.21. The third kappa shape index (κ3) is 2.70. The average Bonchev–Trinajstić information content (AvgIpc) is 2.78. The van der Waals surface area contributed by atoms with E-state index in [2.05, 4.69) is 9.55 Å². The Balaban J connectivity index is 1.89. The highest BCUT2D eigenvalue weighted by Crippen LogP contribution is 2.25. The van der Waals surface area contributed by atoms with Crippen LogP contribution in [0.3, 0.4) is 0 Å². The van der Waals surface area contributed by atoms with Crippen LogP contribution in [0.1, 0.15) is 41.7 Å². The first-order chi connectivity index (χ1) is 10.1. The molecular weight excluding hydrogens is 272 g/mol. The Hall–Kier alpha value is -1.75. The number of nitrogens with zero attached hydrogens (tertiary/aromatic N) is 2. The quantitative estimate of drug-likeness (QED) is 0.944. The average molecular weight is 291 g/mol. The van der Waals surface area contributed by atoms with E-state index in [0.29, 0.717) is 6.54 Å². The van der Waals surface area contributed by atoms with E-state index in [-0.39, 0.29) is 5.56 Å². The lowest BCUT2D eigenvalue weighted by Gasteiger charge is -2.19. The van der Waals surface area contributed by atoms with Gasteiger partial charge in [0.2, 0.25) is 0 Å². The Morgan fingerprint density at radius 1 is 1.29 bits per heavy atom. The summed E-state index contributed by atoms with van der Waals surface area (Å²) >= 11 is 0. The minimum atomic E-state index is -0.584. The summed E-state index contributed by atoms with van der Waals surface area (Å²) in [7, 11) is 0. The number of nitrogens with two attached hydrogens (primary N) is 1. The second kappa shape index (κ2) is 5.56. The van der Waals surface area contributed by atoms with Crippen LogP contribution in [-0.2, 0) is 19.4 Å². The molecule has 0 saturated carbocycles. The van der Waals surface area contributed by atoms with Gasteiger partial charge in [0.05, 0.1) is 11.7 Å². The molecule has 0 radical (unpaired) electrons. The van der Waals surface area contributed by atoms with Crippen LogP contribution in [0.4, 0.5) is 8.78 Å². The number of imidazole rings is 1.